The van der Waals surface area contributed by atoms with E-state index in [-0.39, 0.29) is 17.1 Å². The molecule has 1 fully saturated rings. The minimum atomic E-state index is -2.53. The normalized spacial score (nSPS) is 19.8. The van der Waals surface area contributed by atoms with Crippen LogP contribution in [0.15, 0.2) is 72.8 Å². The summed E-state index contributed by atoms with van der Waals surface area (Å²) in [5.74, 6) is 0.263. The first-order valence-corrected chi connectivity index (χ1v) is 14.6. The summed E-state index contributed by atoms with van der Waals surface area (Å²) in [5.41, 5.74) is -0.457. The van der Waals surface area contributed by atoms with Crippen molar-refractivity contribution in [2.24, 2.45) is 5.92 Å². The second-order valence-corrected chi connectivity index (χ2v) is 15.9. The van der Waals surface area contributed by atoms with Gasteiger partial charge in [-0.2, -0.15) is 0 Å². The largest absolute Gasteiger partial charge is 0.457 e. The number of ether oxygens (including phenoxy) is 1. The van der Waals surface area contributed by atoms with Crippen molar-refractivity contribution in [3.05, 3.63) is 72.8 Å². The summed E-state index contributed by atoms with van der Waals surface area (Å²) in [5, 5.41) is 2.65. The second-order valence-electron chi connectivity index (χ2n) is 11.6. The molecule has 0 saturated heterocycles. The van der Waals surface area contributed by atoms with Gasteiger partial charge >= 0.3 is 5.97 Å². The van der Waals surface area contributed by atoms with Gasteiger partial charge in [-0.15, -0.1) is 0 Å². The van der Waals surface area contributed by atoms with Crippen molar-refractivity contribution in [1.82, 2.24) is 0 Å². The van der Waals surface area contributed by atoms with E-state index in [1.54, 1.807) is 6.08 Å². The van der Waals surface area contributed by atoms with Crippen molar-refractivity contribution < 1.29 is 14.0 Å². The molecule has 0 amide bonds. The summed E-state index contributed by atoms with van der Waals surface area (Å²) in [6.07, 6.45) is 9.16. The summed E-state index contributed by atoms with van der Waals surface area (Å²) >= 11 is 0. The van der Waals surface area contributed by atoms with E-state index in [0.717, 1.165) is 25.7 Å². The quantitative estimate of drug-likeness (QED) is 0.262. The minimum Gasteiger partial charge on any atom is -0.457 e. The zero-order valence-electron chi connectivity index (χ0n) is 21.8. The van der Waals surface area contributed by atoms with Gasteiger partial charge in [-0.05, 0) is 67.8 Å². The third-order valence-electron chi connectivity index (χ3n) is 6.63. The van der Waals surface area contributed by atoms with Crippen molar-refractivity contribution in [2.75, 3.05) is 0 Å². The Labute approximate surface area is 207 Å². The molecule has 1 saturated carbocycles. The number of esters is 1. The number of carbonyl (C=O) groups is 1. The van der Waals surface area contributed by atoms with Gasteiger partial charge in [-0.1, -0.05) is 93.9 Å². The molecule has 0 spiro atoms. The van der Waals surface area contributed by atoms with E-state index >= 15 is 0 Å². The predicted molar refractivity (Wildman–Crippen MR) is 144 cm³/mol. The van der Waals surface area contributed by atoms with Gasteiger partial charge in [0.05, 0.1) is 0 Å². The molecule has 4 heteroatoms. The van der Waals surface area contributed by atoms with Crippen molar-refractivity contribution in [3.63, 3.8) is 0 Å². The molecule has 3 nitrogen and oxygen atoms in total. The molecule has 0 radical (unpaired) electrons. The van der Waals surface area contributed by atoms with Crippen LogP contribution in [0.1, 0.15) is 73.6 Å². The highest BCUT2D eigenvalue weighted by Crippen LogP contribution is 2.40. The van der Waals surface area contributed by atoms with E-state index < -0.39 is 13.9 Å². The summed E-state index contributed by atoms with van der Waals surface area (Å²) in [4.78, 5) is 12.0. The van der Waals surface area contributed by atoms with Gasteiger partial charge < -0.3 is 9.16 Å². The lowest BCUT2D eigenvalue weighted by molar-refractivity contribution is -0.148. The monoisotopic (exact) mass is 478 g/mol. The van der Waals surface area contributed by atoms with Gasteiger partial charge in [0.2, 0.25) is 0 Å². The smallest absolute Gasteiger partial charge is 0.330 e. The fraction of sp³-hybridized carbons (Fsp3) is 0.500. The van der Waals surface area contributed by atoms with Crippen molar-refractivity contribution in [1.29, 1.82) is 0 Å². The molecule has 0 aliphatic heterocycles. The number of allylic oxidation sites excluding steroid dienone is 1. The Morgan fingerprint density at radius 2 is 1.47 bits per heavy atom. The lowest BCUT2D eigenvalue weighted by Gasteiger charge is -2.46. The topological polar surface area (TPSA) is 35.5 Å². The Hall–Kier alpha value is -2.17. The Bertz CT molecular complexity index is 899. The maximum Gasteiger partial charge on any atom is 0.330 e. The standard InChI is InChI=1S/C30H42O3Si/c1-29(2,3)32-28(31)22-14-16-24-15-13-17-25(23-24)33-34(30(4,5)6,26-18-9-7-10-19-26)27-20-11-8-12-21-27/h7-12,14,18-22,24-25H,13,15-17,23H2,1-6H3/b22-14+. The zero-order valence-corrected chi connectivity index (χ0v) is 22.8. The van der Waals surface area contributed by atoms with Crippen LogP contribution in [0.2, 0.25) is 5.04 Å². The Kier molecular flexibility index (Phi) is 8.59. The molecular formula is C30H42O3Si. The van der Waals surface area contributed by atoms with E-state index in [9.17, 15) is 4.79 Å². The van der Waals surface area contributed by atoms with Gasteiger partial charge in [-0.25, -0.2) is 4.79 Å². The van der Waals surface area contributed by atoms with E-state index in [1.807, 2.05) is 26.8 Å². The third kappa shape index (κ3) is 6.70. The van der Waals surface area contributed by atoms with Crippen molar-refractivity contribution >= 4 is 24.7 Å². The molecule has 0 N–H and O–H groups in total. The lowest BCUT2D eigenvalue weighted by Crippen LogP contribution is -2.67. The van der Waals surface area contributed by atoms with Gasteiger partial charge in [-0.3, -0.25) is 0 Å². The van der Waals surface area contributed by atoms with Crippen LogP contribution in [-0.2, 0) is 14.0 Å². The summed E-state index contributed by atoms with van der Waals surface area (Å²) in [7, 11) is -2.53. The van der Waals surface area contributed by atoms with Gasteiger partial charge in [0, 0.05) is 12.2 Å². The summed E-state index contributed by atoms with van der Waals surface area (Å²) in [6.45, 7) is 12.7. The molecular weight excluding hydrogens is 436 g/mol. The fourth-order valence-electron chi connectivity index (χ4n) is 5.20. The fourth-order valence-corrected chi connectivity index (χ4v) is 9.93. The molecule has 184 valence electrons. The average Bonchev–Trinajstić information content (AvgIpc) is 2.77. The van der Waals surface area contributed by atoms with E-state index in [0.29, 0.717) is 5.92 Å². The molecule has 0 aromatic heterocycles. The highest BCUT2D eigenvalue weighted by Gasteiger charge is 2.51. The van der Waals surface area contributed by atoms with Gasteiger partial charge in [0.15, 0.2) is 0 Å². The van der Waals surface area contributed by atoms with Crippen LogP contribution in [-0.4, -0.2) is 26.0 Å². The van der Waals surface area contributed by atoms with Crippen LogP contribution in [0.4, 0.5) is 0 Å². The van der Waals surface area contributed by atoms with Crippen molar-refractivity contribution in [3.8, 4) is 0 Å². The SMILES string of the molecule is CC(C)(C)OC(=O)/C=C/CC1CCCC(O[Si](c2ccccc2)(c2ccccc2)C(C)(C)C)C1. The molecule has 2 atom stereocenters. The number of hydrogen-bond donors (Lipinski definition) is 0. The molecule has 2 aromatic rings. The maximum absolute atomic E-state index is 12.0. The lowest BCUT2D eigenvalue weighted by atomic mass is 9.85. The first-order valence-electron chi connectivity index (χ1n) is 12.7. The number of hydrogen-bond acceptors (Lipinski definition) is 3. The van der Waals surface area contributed by atoms with Crippen LogP contribution in [0.3, 0.4) is 0 Å². The molecule has 1 aliphatic carbocycles. The van der Waals surface area contributed by atoms with Crippen LogP contribution >= 0.6 is 0 Å². The molecule has 34 heavy (non-hydrogen) atoms. The molecule has 3 rings (SSSR count). The number of rotatable bonds is 7. The predicted octanol–water partition coefficient (Wildman–Crippen LogP) is 6.41. The van der Waals surface area contributed by atoms with E-state index in [1.165, 1.54) is 16.8 Å². The third-order valence-corrected chi connectivity index (χ3v) is 11.7. The number of benzene rings is 2. The zero-order chi connectivity index (χ0) is 24.8. The minimum absolute atomic E-state index is 0.0146. The van der Waals surface area contributed by atoms with Crippen LogP contribution in [0, 0.1) is 5.92 Å². The van der Waals surface area contributed by atoms with Crippen LogP contribution in [0.25, 0.3) is 0 Å². The highest BCUT2D eigenvalue weighted by atomic mass is 28.4. The van der Waals surface area contributed by atoms with E-state index in [4.69, 9.17) is 9.16 Å². The van der Waals surface area contributed by atoms with Crippen molar-refractivity contribution in [2.45, 2.75) is 90.4 Å². The highest BCUT2D eigenvalue weighted by molar-refractivity contribution is 6.99. The van der Waals surface area contributed by atoms with Crippen LogP contribution < -0.4 is 10.4 Å². The maximum atomic E-state index is 12.0. The molecule has 0 heterocycles. The summed E-state index contributed by atoms with van der Waals surface area (Å²) in [6, 6.07) is 21.8. The Balaban J connectivity index is 1.81. The molecule has 2 aromatic carbocycles. The summed E-state index contributed by atoms with van der Waals surface area (Å²) < 4.78 is 12.8. The van der Waals surface area contributed by atoms with Gasteiger partial charge in [0.1, 0.15) is 5.60 Å². The number of carbonyl (C=O) groups excluding carboxylic acids is 1. The van der Waals surface area contributed by atoms with Gasteiger partial charge in [0.25, 0.3) is 8.32 Å². The molecule has 2 unspecified atom stereocenters. The Morgan fingerprint density at radius 1 is 0.912 bits per heavy atom. The molecule has 0 bridgehead atoms. The average molecular weight is 479 g/mol. The van der Waals surface area contributed by atoms with Crippen LogP contribution in [0.5, 0.6) is 0 Å². The molecule has 1 aliphatic rings. The Morgan fingerprint density at radius 3 is 1.97 bits per heavy atom. The first-order chi connectivity index (χ1) is 16.0. The first kappa shape index (κ1) is 26.4. The second kappa shape index (κ2) is 11.0. The van der Waals surface area contributed by atoms with E-state index in [2.05, 4.69) is 81.4 Å².